The third-order valence-electron chi connectivity index (χ3n) is 0. The van der Waals surface area contributed by atoms with Crippen LogP contribution in [0.2, 0.25) is 0 Å². The monoisotopic (exact) mass is 324 g/mol. The number of hydrogen-bond donors (Lipinski definition) is 0. The van der Waals surface area contributed by atoms with Gasteiger partial charge in [-0.3, -0.25) is 0 Å². The Hall–Kier alpha value is 2.14. The molecular formula is CdOTeZn. The molecule has 0 radical (unpaired) electrons. The van der Waals surface area contributed by atoms with Gasteiger partial charge in [0.1, 0.15) is 0 Å². The first-order valence-electron chi connectivity index (χ1n) is 0.167. The van der Waals surface area contributed by atoms with E-state index in [1.54, 1.807) is 0 Å². The first kappa shape index (κ1) is 16.5. The van der Waals surface area contributed by atoms with Gasteiger partial charge >= 0.3 is 25.4 Å². The molecule has 0 fully saturated rings. The smallest absolute Gasteiger partial charge is 0 e. The molecule has 0 aromatic carbocycles. The van der Waals surface area contributed by atoms with E-state index in [4.69, 9.17) is 3.10 Å². The van der Waals surface area contributed by atoms with Gasteiger partial charge in [-0.25, -0.2) is 0 Å². The summed E-state index contributed by atoms with van der Waals surface area (Å²) < 4.78 is 8.26. The maximum absolute atomic E-state index is 8.26. The Morgan fingerprint density at radius 1 is 1.25 bits per heavy atom. The molecule has 0 heterocycles. The molecule has 0 saturated heterocycles. The van der Waals surface area contributed by atoms with Gasteiger partial charge in [-0.05, 0) is 0 Å². The van der Waals surface area contributed by atoms with Crippen molar-refractivity contribution in [2.45, 2.75) is 0 Å². The topological polar surface area (TPSA) is 17.1 Å². The molecule has 0 bridgehead atoms. The minimum Gasteiger partial charge on any atom is 0 e. The molecule has 4 heteroatoms. The summed E-state index contributed by atoms with van der Waals surface area (Å²) in [5, 5.41) is 0. The van der Waals surface area contributed by atoms with Crippen molar-refractivity contribution >= 4 is 22.3 Å². The van der Waals surface area contributed by atoms with Crippen LogP contribution < -0.4 is 0 Å². The third-order valence-corrected chi connectivity index (χ3v) is 0. The molecule has 4 heavy (non-hydrogen) atoms. The van der Waals surface area contributed by atoms with Gasteiger partial charge in [0.2, 0.25) is 0 Å². The van der Waals surface area contributed by atoms with Gasteiger partial charge in [-0.15, -0.1) is 0 Å². The van der Waals surface area contributed by atoms with Crippen LogP contribution in [0.4, 0.5) is 0 Å². The number of rotatable bonds is 0. The van der Waals surface area contributed by atoms with Gasteiger partial charge in [0.25, 0.3) is 0 Å². The quantitative estimate of drug-likeness (QED) is 0.550. The van der Waals surface area contributed by atoms with Gasteiger partial charge in [0.15, 0.2) is 0 Å². The fourth-order valence-electron chi connectivity index (χ4n) is 0. The van der Waals surface area contributed by atoms with Crippen LogP contribution in [0.25, 0.3) is 0 Å². The Labute approximate surface area is 71.1 Å². The van der Waals surface area contributed by atoms with Crippen LogP contribution in [0, 0.1) is 0 Å². The summed E-state index contributed by atoms with van der Waals surface area (Å²) in [7, 11) is 0. The second-order valence-electron chi connectivity index (χ2n) is 0. The summed E-state index contributed by atoms with van der Waals surface area (Å²) in [6.45, 7) is 0. The SMILES string of the molecule is O=[Te].[Cd].[Zn]. The average Bonchev–Trinajstić information content (AvgIpc) is 1.00. The predicted molar refractivity (Wildman–Crippen MR) is 6.44 cm³/mol. The van der Waals surface area contributed by atoms with E-state index in [0.29, 0.717) is 22.3 Å². The van der Waals surface area contributed by atoms with Crippen LogP contribution in [0.5, 0.6) is 0 Å². The average molecular weight is 321 g/mol. The molecule has 0 aliphatic carbocycles. The Kier molecular flexibility index (Phi) is 79.3. The van der Waals surface area contributed by atoms with E-state index >= 15 is 0 Å². The normalized spacial score (nSPS) is 1.00. The molecule has 0 atom stereocenters. The second kappa shape index (κ2) is 19.3. The summed E-state index contributed by atoms with van der Waals surface area (Å²) in [5.74, 6) is 0. The van der Waals surface area contributed by atoms with E-state index in [1.165, 1.54) is 0 Å². The van der Waals surface area contributed by atoms with Crippen LogP contribution in [0.1, 0.15) is 0 Å². The van der Waals surface area contributed by atoms with Crippen LogP contribution >= 0.6 is 0 Å². The standard InChI is InChI=1S/Cd.OTe.Zn/c;1-2;. The fraction of sp³-hybridized carbons (Fsp3) is 0. The van der Waals surface area contributed by atoms with Crippen LogP contribution in [-0.2, 0) is 49.9 Å². The third kappa shape index (κ3) is 8.92. The Morgan fingerprint density at radius 3 is 1.25 bits per heavy atom. The predicted octanol–water partition coefficient (Wildman–Crippen LogP) is -0.505. The van der Waals surface area contributed by atoms with E-state index in [-0.39, 0.29) is 46.8 Å². The van der Waals surface area contributed by atoms with Gasteiger partial charge in [-0.2, -0.15) is 0 Å². The van der Waals surface area contributed by atoms with Crippen LogP contribution in [0.15, 0.2) is 0 Å². The Morgan fingerprint density at radius 2 is 1.25 bits per heavy atom. The summed E-state index contributed by atoms with van der Waals surface area (Å²) in [6, 6.07) is 0. The summed E-state index contributed by atoms with van der Waals surface area (Å²) in [5.41, 5.74) is 0. The van der Waals surface area contributed by atoms with Crippen molar-refractivity contribution in [2.24, 2.45) is 0 Å². The summed E-state index contributed by atoms with van der Waals surface area (Å²) in [4.78, 5) is 0. The first-order chi connectivity index (χ1) is 1.00. The molecule has 0 rings (SSSR count). The molecule has 0 aliphatic rings. The van der Waals surface area contributed by atoms with Crippen molar-refractivity contribution in [3.05, 3.63) is 0 Å². The van der Waals surface area contributed by atoms with E-state index < -0.39 is 0 Å². The zero-order chi connectivity index (χ0) is 2.00. The van der Waals surface area contributed by atoms with Crippen molar-refractivity contribution in [1.82, 2.24) is 0 Å². The van der Waals surface area contributed by atoms with Gasteiger partial charge in [0, 0.05) is 46.8 Å². The molecular weight excluding hydrogens is 321 g/mol. The van der Waals surface area contributed by atoms with Crippen molar-refractivity contribution in [3.8, 4) is 0 Å². The maximum atomic E-state index is 8.26. The van der Waals surface area contributed by atoms with E-state index in [2.05, 4.69) is 0 Å². The zero-order valence-electron chi connectivity index (χ0n) is 2.23. The largest absolute Gasteiger partial charge is 0 e. The molecule has 0 saturated carbocycles. The molecule has 0 amide bonds. The molecule has 0 unspecified atom stereocenters. The second-order valence-corrected chi connectivity index (χ2v) is 0. The summed E-state index contributed by atoms with van der Waals surface area (Å²) in [6.07, 6.45) is 0. The van der Waals surface area contributed by atoms with Gasteiger partial charge in [-0.1, -0.05) is 0 Å². The van der Waals surface area contributed by atoms with Crippen molar-refractivity contribution in [1.29, 1.82) is 0 Å². The van der Waals surface area contributed by atoms with Gasteiger partial charge < -0.3 is 0 Å². The minimum atomic E-state index is 0. The molecule has 0 N–H and O–H groups in total. The zero-order valence-corrected chi connectivity index (χ0v) is 11.6. The molecule has 0 spiro atoms. The van der Waals surface area contributed by atoms with E-state index in [1.807, 2.05) is 0 Å². The first-order valence-corrected chi connectivity index (χ1v) is 1.12. The van der Waals surface area contributed by atoms with Gasteiger partial charge in [0.05, 0.1) is 0 Å². The number of hydrogen-bond acceptors (Lipinski definition) is 1. The Balaban J connectivity index is -0.00000000500. The van der Waals surface area contributed by atoms with Crippen molar-refractivity contribution in [3.63, 3.8) is 0 Å². The van der Waals surface area contributed by atoms with Crippen LogP contribution in [-0.4, -0.2) is 22.3 Å². The van der Waals surface area contributed by atoms with Crippen molar-refractivity contribution < 1.29 is 49.9 Å². The Bertz CT molecular complexity index is 8.00. The molecule has 16 valence electrons. The molecule has 0 aromatic heterocycles. The minimum absolute atomic E-state index is 0. The van der Waals surface area contributed by atoms with E-state index in [9.17, 15) is 0 Å². The van der Waals surface area contributed by atoms with Crippen LogP contribution in [0.3, 0.4) is 0 Å². The maximum Gasteiger partial charge on any atom is 0 e. The van der Waals surface area contributed by atoms with Crippen molar-refractivity contribution in [2.75, 3.05) is 0 Å². The van der Waals surface area contributed by atoms with E-state index in [0.717, 1.165) is 0 Å². The summed E-state index contributed by atoms with van der Waals surface area (Å²) >= 11 is 0.700. The molecule has 0 aromatic rings. The molecule has 1 nitrogen and oxygen atoms in total. The molecule has 0 aliphatic heterocycles. The fourth-order valence-corrected chi connectivity index (χ4v) is 0.